The summed E-state index contributed by atoms with van der Waals surface area (Å²) in [5.41, 5.74) is 3.77. The highest BCUT2D eigenvalue weighted by molar-refractivity contribution is 6.04. The van der Waals surface area contributed by atoms with E-state index >= 15 is 0 Å². The van der Waals surface area contributed by atoms with E-state index in [1.165, 1.54) is 0 Å². The maximum atomic E-state index is 12.4. The van der Waals surface area contributed by atoms with Crippen LogP contribution in [-0.4, -0.2) is 20.3 Å². The number of hydrogen-bond acceptors (Lipinski definition) is 3. The van der Waals surface area contributed by atoms with Crippen LogP contribution < -0.4 is 5.32 Å². The van der Waals surface area contributed by atoms with Gasteiger partial charge in [0.2, 0.25) is 0 Å². The topological polar surface area (TPSA) is 59.3 Å². The smallest absolute Gasteiger partial charge is 0.274 e. The van der Waals surface area contributed by atoms with E-state index in [9.17, 15) is 4.79 Å². The fraction of sp³-hybridized carbons (Fsp3) is 0.133. The van der Waals surface area contributed by atoms with Crippen molar-refractivity contribution in [2.75, 3.05) is 5.32 Å². The number of aryl methyl sites for hydroxylation is 2. The molecule has 0 radical (unpaired) electrons. The molecule has 0 saturated carbocycles. The number of rotatable bonds is 2. The number of nitrogens with zero attached hydrogens (tertiary/aromatic N) is 3. The second kappa shape index (κ2) is 4.77. The average molecular weight is 266 g/mol. The zero-order valence-corrected chi connectivity index (χ0v) is 11.3. The Balaban J connectivity index is 2.04. The van der Waals surface area contributed by atoms with Crippen LogP contribution in [0.15, 0.2) is 42.9 Å². The van der Waals surface area contributed by atoms with Crippen molar-refractivity contribution in [1.29, 1.82) is 0 Å². The normalized spacial score (nSPS) is 10.7. The van der Waals surface area contributed by atoms with Gasteiger partial charge in [-0.1, -0.05) is 6.07 Å². The van der Waals surface area contributed by atoms with Crippen LogP contribution in [0.25, 0.3) is 5.65 Å². The average Bonchev–Trinajstić information content (AvgIpc) is 2.78. The molecule has 0 fully saturated rings. The van der Waals surface area contributed by atoms with E-state index < -0.39 is 0 Å². The van der Waals surface area contributed by atoms with Gasteiger partial charge in [0.05, 0.1) is 17.6 Å². The molecule has 3 aromatic heterocycles. The highest BCUT2D eigenvalue weighted by Crippen LogP contribution is 2.16. The Hall–Kier alpha value is -2.69. The van der Waals surface area contributed by atoms with Crippen LogP contribution in [0.2, 0.25) is 0 Å². The van der Waals surface area contributed by atoms with E-state index in [1.807, 2.05) is 36.6 Å². The molecule has 0 aliphatic carbocycles. The summed E-state index contributed by atoms with van der Waals surface area (Å²) in [6.45, 7) is 3.81. The number of hydrogen-bond donors (Lipinski definition) is 1. The van der Waals surface area contributed by atoms with Crippen molar-refractivity contribution in [2.24, 2.45) is 0 Å². The third-order valence-electron chi connectivity index (χ3n) is 3.15. The summed E-state index contributed by atoms with van der Waals surface area (Å²) in [7, 11) is 0. The number of amides is 1. The molecule has 0 unspecified atom stereocenters. The largest absolute Gasteiger partial charge is 0.319 e. The molecule has 0 spiro atoms. The van der Waals surface area contributed by atoms with E-state index in [2.05, 4.69) is 15.3 Å². The minimum absolute atomic E-state index is 0.186. The molecule has 0 aliphatic heterocycles. The molecular weight excluding hydrogens is 252 g/mol. The minimum Gasteiger partial charge on any atom is -0.319 e. The summed E-state index contributed by atoms with van der Waals surface area (Å²) < 4.78 is 1.82. The van der Waals surface area contributed by atoms with Crippen molar-refractivity contribution in [2.45, 2.75) is 13.8 Å². The lowest BCUT2D eigenvalue weighted by atomic mass is 10.3. The van der Waals surface area contributed by atoms with Gasteiger partial charge in [-0.2, -0.15) is 0 Å². The number of aromatic nitrogens is 3. The molecule has 100 valence electrons. The molecule has 0 atom stereocenters. The van der Waals surface area contributed by atoms with Gasteiger partial charge in [-0.3, -0.25) is 14.2 Å². The molecule has 1 amide bonds. The van der Waals surface area contributed by atoms with Gasteiger partial charge in [0.1, 0.15) is 11.3 Å². The Kier molecular flexibility index (Phi) is 2.95. The van der Waals surface area contributed by atoms with Crippen LogP contribution >= 0.6 is 0 Å². The second-order valence-electron chi connectivity index (χ2n) is 4.63. The quantitative estimate of drug-likeness (QED) is 0.775. The van der Waals surface area contributed by atoms with Crippen molar-refractivity contribution in [3.8, 4) is 0 Å². The number of anilines is 1. The fourth-order valence-corrected chi connectivity index (χ4v) is 2.22. The van der Waals surface area contributed by atoms with Gasteiger partial charge >= 0.3 is 0 Å². The lowest BCUT2D eigenvalue weighted by Crippen LogP contribution is -2.15. The number of nitrogens with one attached hydrogen (secondary N) is 1. The maximum Gasteiger partial charge on any atom is 0.274 e. The van der Waals surface area contributed by atoms with Gasteiger partial charge in [0.25, 0.3) is 5.91 Å². The molecule has 0 saturated heterocycles. The van der Waals surface area contributed by atoms with Gasteiger partial charge in [-0.25, -0.2) is 4.98 Å². The Morgan fingerprint density at radius 2 is 2.10 bits per heavy atom. The molecule has 5 heteroatoms. The zero-order valence-electron chi connectivity index (χ0n) is 11.3. The Morgan fingerprint density at radius 1 is 1.25 bits per heavy atom. The highest BCUT2D eigenvalue weighted by Gasteiger charge is 2.17. The lowest BCUT2D eigenvalue weighted by Gasteiger charge is -2.05. The van der Waals surface area contributed by atoms with Crippen molar-refractivity contribution >= 4 is 17.2 Å². The molecule has 20 heavy (non-hydrogen) atoms. The van der Waals surface area contributed by atoms with E-state index in [1.54, 1.807) is 24.5 Å². The first-order chi connectivity index (χ1) is 9.66. The molecule has 3 rings (SSSR count). The first-order valence-electron chi connectivity index (χ1n) is 6.32. The first kappa shape index (κ1) is 12.3. The van der Waals surface area contributed by atoms with E-state index in [4.69, 9.17) is 0 Å². The van der Waals surface area contributed by atoms with Crippen LogP contribution in [0, 0.1) is 13.8 Å². The lowest BCUT2D eigenvalue weighted by molar-refractivity contribution is 0.102. The van der Waals surface area contributed by atoms with Crippen molar-refractivity contribution in [1.82, 2.24) is 14.4 Å². The number of pyridine rings is 2. The minimum atomic E-state index is -0.186. The van der Waals surface area contributed by atoms with Gasteiger partial charge in [0.15, 0.2) is 0 Å². The van der Waals surface area contributed by atoms with Gasteiger partial charge in [0, 0.05) is 12.4 Å². The number of carbonyl (C=O) groups is 1. The summed E-state index contributed by atoms with van der Waals surface area (Å²) in [5, 5.41) is 2.83. The standard InChI is InChI=1S/C15H14N4O/c1-10-5-4-8-19-13(11(2)17-14(10)19)15(20)18-12-6-3-7-16-9-12/h3-9H,1-2H3,(H,18,20). The number of carbonyl (C=O) groups excluding carboxylic acids is 1. The summed E-state index contributed by atoms with van der Waals surface area (Å²) in [6.07, 6.45) is 5.13. The van der Waals surface area contributed by atoms with E-state index in [-0.39, 0.29) is 5.91 Å². The third-order valence-corrected chi connectivity index (χ3v) is 3.15. The summed E-state index contributed by atoms with van der Waals surface area (Å²) >= 11 is 0. The van der Waals surface area contributed by atoms with Crippen molar-refractivity contribution in [3.63, 3.8) is 0 Å². The molecule has 5 nitrogen and oxygen atoms in total. The Bertz CT molecular complexity index is 777. The van der Waals surface area contributed by atoms with Crippen LogP contribution in [0.3, 0.4) is 0 Å². The molecule has 0 aromatic carbocycles. The van der Waals surface area contributed by atoms with E-state index in [0.717, 1.165) is 11.2 Å². The number of imidazole rings is 1. The predicted molar refractivity (Wildman–Crippen MR) is 76.9 cm³/mol. The predicted octanol–water partition coefficient (Wildman–Crippen LogP) is 2.60. The van der Waals surface area contributed by atoms with E-state index in [0.29, 0.717) is 17.1 Å². The SMILES string of the molecule is Cc1nc2c(C)cccn2c1C(=O)Nc1cccnc1. The third kappa shape index (κ3) is 2.03. The fourth-order valence-electron chi connectivity index (χ4n) is 2.22. The van der Waals surface area contributed by atoms with Crippen LogP contribution in [0.5, 0.6) is 0 Å². The monoisotopic (exact) mass is 266 g/mol. The molecular formula is C15H14N4O. The van der Waals surface area contributed by atoms with Gasteiger partial charge in [-0.15, -0.1) is 0 Å². The summed E-state index contributed by atoms with van der Waals surface area (Å²) in [5.74, 6) is -0.186. The highest BCUT2D eigenvalue weighted by atomic mass is 16.2. The zero-order chi connectivity index (χ0) is 14.1. The molecule has 0 aliphatic rings. The maximum absolute atomic E-state index is 12.4. The Morgan fingerprint density at radius 3 is 2.85 bits per heavy atom. The van der Waals surface area contributed by atoms with Crippen LogP contribution in [-0.2, 0) is 0 Å². The summed E-state index contributed by atoms with van der Waals surface area (Å²) in [4.78, 5) is 20.9. The molecule has 0 bridgehead atoms. The Labute approximate surface area is 116 Å². The molecule has 3 aromatic rings. The summed E-state index contributed by atoms with van der Waals surface area (Å²) in [6, 6.07) is 7.46. The van der Waals surface area contributed by atoms with Crippen LogP contribution in [0.4, 0.5) is 5.69 Å². The molecule has 3 heterocycles. The van der Waals surface area contributed by atoms with Crippen LogP contribution in [0.1, 0.15) is 21.7 Å². The van der Waals surface area contributed by atoms with Gasteiger partial charge < -0.3 is 5.32 Å². The van der Waals surface area contributed by atoms with Crippen molar-refractivity contribution < 1.29 is 4.79 Å². The number of fused-ring (bicyclic) bond motifs is 1. The molecule has 1 N–H and O–H groups in total. The second-order valence-corrected chi connectivity index (χ2v) is 4.63. The first-order valence-corrected chi connectivity index (χ1v) is 6.32. The van der Waals surface area contributed by atoms with Gasteiger partial charge in [-0.05, 0) is 37.6 Å². The van der Waals surface area contributed by atoms with Crippen molar-refractivity contribution in [3.05, 3.63) is 59.8 Å².